The van der Waals surface area contributed by atoms with Gasteiger partial charge in [-0.15, -0.1) is 0 Å². The summed E-state index contributed by atoms with van der Waals surface area (Å²) in [6, 6.07) is 5.72. The number of nitrogens with zero attached hydrogens (tertiary/aromatic N) is 2. The number of benzene rings is 1. The van der Waals surface area contributed by atoms with Gasteiger partial charge in [0.25, 0.3) is 0 Å². The molecule has 1 aliphatic carbocycles. The number of aliphatic hydroxyl groups is 1. The lowest BCUT2D eigenvalue weighted by molar-refractivity contribution is -0.0456. The number of phenolic OH excluding ortho intramolecular Hbond substituents is 1. The highest BCUT2D eigenvalue weighted by atomic mass is 16.3. The Labute approximate surface area is 148 Å². The molecule has 0 radical (unpaired) electrons. The van der Waals surface area contributed by atoms with E-state index in [1.54, 1.807) is 24.1 Å². The molecule has 136 valence electrons. The molecule has 0 aromatic heterocycles. The van der Waals surface area contributed by atoms with Gasteiger partial charge in [0.05, 0.1) is 12.1 Å². The maximum Gasteiger partial charge on any atom is 0.322 e. The second kappa shape index (κ2) is 6.67. The normalized spacial score (nSPS) is 27.8. The molecule has 1 aromatic rings. The molecule has 1 heterocycles. The zero-order valence-corrected chi connectivity index (χ0v) is 14.8. The van der Waals surface area contributed by atoms with Gasteiger partial charge in [0.1, 0.15) is 5.75 Å². The summed E-state index contributed by atoms with van der Waals surface area (Å²) in [4.78, 5) is 28.1. The number of hydrogen-bond donors (Lipinski definition) is 2. The smallest absolute Gasteiger partial charge is 0.322 e. The van der Waals surface area contributed by atoms with Gasteiger partial charge in [-0.25, -0.2) is 4.79 Å². The van der Waals surface area contributed by atoms with Crippen molar-refractivity contribution in [3.8, 4) is 5.75 Å². The summed E-state index contributed by atoms with van der Waals surface area (Å²) in [6.45, 7) is 1.72. The SMILES string of the molecule is CN1C(=O)N(CC(=O)c2cccc(O)c2)C(O)C1(C)C1CCCCC1. The quantitative estimate of drug-likeness (QED) is 0.821. The van der Waals surface area contributed by atoms with Crippen molar-refractivity contribution in [3.05, 3.63) is 29.8 Å². The summed E-state index contributed by atoms with van der Waals surface area (Å²) in [5.41, 5.74) is -0.356. The minimum absolute atomic E-state index is 0.00306. The minimum Gasteiger partial charge on any atom is -0.508 e. The van der Waals surface area contributed by atoms with E-state index in [4.69, 9.17) is 0 Å². The predicted molar refractivity (Wildman–Crippen MR) is 93.3 cm³/mol. The zero-order chi connectivity index (χ0) is 18.2. The van der Waals surface area contributed by atoms with Crippen LogP contribution in [0.25, 0.3) is 0 Å². The molecule has 0 spiro atoms. The van der Waals surface area contributed by atoms with Crippen molar-refractivity contribution in [2.24, 2.45) is 5.92 Å². The number of likely N-dealkylation sites (N-methyl/N-ethyl adjacent to an activating group) is 1. The van der Waals surface area contributed by atoms with Crippen molar-refractivity contribution in [2.75, 3.05) is 13.6 Å². The third kappa shape index (κ3) is 2.99. The Morgan fingerprint density at radius 3 is 2.60 bits per heavy atom. The topological polar surface area (TPSA) is 81.1 Å². The zero-order valence-electron chi connectivity index (χ0n) is 14.8. The van der Waals surface area contributed by atoms with Crippen LogP contribution >= 0.6 is 0 Å². The standard InChI is InChI=1S/C19H26N2O4/c1-19(14-8-4-3-5-9-14)17(24)21(18(25)20(19)2)12-16(23)13-7-6-10-15(22)11-13/h6-7,10-11,14,17,22,24H,3-5,8-9,12H2,1-2H3. The van der Waals surface area contributed by atoms with Gasteiger partial charge in [0, 0.05) is 12.6 Å². The lowest BCUT2D eigenvalue weighted by atomic mass is 9.74. The molecule has 25 heavy (non-hydrogen) atoms. The first-order valence-corrected chi connectivity index (χ1v) is 8.90. The first-order chi connectivity index (χ1) is 11.9. The summed E-state index contributed by atoms with van der Waals surface area (Å²) in [6.07, 6.45) is 4.36. The average molecular weight is 346 g/mol. The molecule has 6 heteroatoms. The second-order valence-corrected chi connectivity index (χ2v) is 7.38. The van der Waals surface area contributed by atoms with Crippen molar-refractivity contribution in [1.82, 2.24) is 9.80 Å². The van der Waals surface area contributed by atoms with E-state index in [1.807, 2.05) is 6.92 Å². The number of carbonyl (C=O) groups excluding carboxylic acids is 2. The second-order valence-electron chi connectivity index (χ2n) is 7.38. The lowest BCUT2D eigenvalue weighted by Gasteiger charge is -2.42. The highest BCUT2D eigenvalue weighted by molar-refractivity contribution is 5.99. The molecule has 6 nitrogen and oxygen atoms in total. The van der Waals surface area contributed by atoms with Crippen LogP contribution in [0.4, 0.5) is 4.79 Å². The number of aromatic hydroxyl groups is 1. The van der Waals surface area contributed by atoms with Gasteiger partial charge in [0.2, 0.25) is 0 Å². The fourth-order valence-corrected chi connectivity index (χ4v) is 4.24. The number of amides is 2. The van der Waals surface area contributed by atoms with E-state index in [0.717, 1.165) is 25.7 Å². The lowest BCUT2D eigenvalue weighted by Crippen LogP contribution is -2.54. The number of Topliss-reactive ketones (excluding diaryl/α,β-unsaturated/α-hetero) is 1. The fourth-order valence-electron chi connectivity index (χ4n) is 4.24. The van der Waals surface area contributed by atoms with Gasteiger partial charge in [-0.3, -0.25) is 9.69 Å². The molecule has 2 atom stereocenters. The summed E-state index contributed by atoms with van der Waals surface area (Å²) in [5, 5.41) is 20.4. The van der Waals surface area contributed by atoms with Crippen LogP contribution < -0.4 is 0 Å². The van der Waals surface area contributed by atoms with Gasteiger partial charge >= 0.3 is 6.03 Å². The van der Waals surface area contributed by atoms with Crippen molar-refractivity contribution in [2.45, 2.75) is 50.8 Å². The molecule has 3 rings (SSSR count). The molecule has 1 saturated heterocycles. The Balaban J connectivity index is 1.80. The fraction of sp³-hybridized carbons (Fsp3) is 0.579. The highest BCUT2D eigenvalue weighted by Crippen LogP contribution is 2.43. The number of urea groups is 1. The van der Waals surface area contributed by atoms with E-state index < -0.39 is 11.8 Å². The molecule has 1 aliphatic heterocycles. The van der Waals surface area contributed by atoms with Crippen LogP contribution in [0.3, 0.4) is 0 Å². The molecule has 2 N–H and O–H groups in total. The van der Waals surface area contributed by atoms with Crippen LogP contribution in [0.5, 0.6) is 5.75 Å². The van der Waals surface area contributed by atoms with Crippen LogP contribution in [-0.4, -0.2) is 57.2 Å². The van der Waals surface area contributed by atoms with Crippen molar-refractivity contribution >= 4 is 11.8 Å². The molecule has 2 aliphatic rings. The van der Waals surface area contributed by atoms with Crippen LogP contribution in [0.2, 0.25) is 0 Å². The van der Waals surface area contributed by atoms with Crippen molar-refractivity contribution in [3.63, 3.8) is 0 Å². The summed E-state index contributed by atoms with van der Waals surface area (Å²) >= 11 is 0. The van der Waals surface area contributed by atoms with Crippen LogP contribution in [0, 0.1) is 5.92 Å². The summed E-state index contributed by atoms with van der Waals surface area (Å²) < 4.78 is 0. The van der Waals surface area contributed by atoms with Gasteiger partial charge in [-0.2, -0.15) is 0 Å². The third-order valence-corrected chi connectivity index (χ3v) is 5.99. The maximum absolute atomic E-state index is 12.7. The molecule has 2 fully saturated rings. The monoisotopic (exact) mass is 346 g/mol. The van der Waals surface area contributed by atoms with Gasteiger partial charge < -0.3 is 15.1 Å². The largest absolute Gasteiger partial charge is 0.508 e. The predicted octanol–water partition coefficient (Wildman–Crippen LogP) is 2.60. The average Bonchev–Trinajstić information content (AvgIpc) is 2.78. The molecule has 2 unspecified atom stereocenters. The number of hydrogen-bond acceptors (Lipinski definition) is 4. The number of rotatable bonds is 4. The highest BCUT2D eigenvalue weighted by Gasteiger charge is 2.56. The summed E-state index contributed by atoms with van der Waals surface area (Å²) in [5.74, 6) is -0.0704. The summed E-state index contributed by atoms with van der Waals surface area (Å²) in [7, 11) is 1.71. The third-order valence-electron chi connectivity index (χ3n) is 5.99. The van der Waals surface area contributed by atoms with Gasteiger partial charge in [-0.1, -0.05) is 31.4 Å². The minimum atomic E-state index is -1.02. The number of phenols is 1. The molecule has 2 amide bonds. The van der Waals surface area contributed by atoms with Crippen LogP contribution in [-0.2, 0) is 0 Å². The number of aliphatic hydroxyl groups excluding tert-OH is 1. The van der Waals surface area contributed by atoms with Crippen molar-refractivity contribution < 1.29 is 19.8 Å². The maximum atomic E-state index is 12.7. The van der Waals surface area contributed by atoms with E-state index in [1.165, 1.54) is 23.5 Å². The molecule has 1 saturated carbocycles. The molecular formula is C19H26N2O4. The first-order valence-electron chi connectivity index (χ1n) is 8.90. The van der Waals surface area contributed by atoms with E-state index in [9.17, 15) is 19.8 Å². The number of ketones is 1. The van der Waals surface area contributed by atoms with E-state index in [-0.39, 0.29) is 30.0 Å². The van der Waals surface area contributed by atoms with E-state index in [2.05, 4.69) is 0 Å². The van der Waals surface area contributed by atoms with Crippen molar-refractivity contribution in [1.29, 1.82) is 0 Å². The Kier molecular flexibility index (Phi) is 4.73. The molecular weight excluding hydrogens is 320 g/mol. The number of carbonyl (C=O) groups is 2. The first kappa shape index (κ1) is 17.7. The Morgan fingerprint density at radius 2 is 1.96 bits per heavy atom. The molecule has 1 aromatic carbocycles. The van der Waals surface area contributed by atoms with Crippen LogP contribution in [0.15, 0.2) is 24.3 Å². The van der Waals surface area contributed by atoms with E-state index >= 15 is 0 Å². The van der Waals surface area contributed by atoms with Crippen LogP contribution in [0.1, 0.15) is 49.4 Å². The Morgan fingerprint density at radius 1 is 1.28 bits per heavy atom. The van der Waals surface area contributed by atoms with E-state index in [0.29, 0.717) is 5.56 Å². The van der Waals surface area contributed by atoms with Gasteiger partial charge in [-0.05, 0) is 37.8 Å². The van der Waals surface area contributed by atoms with Gasteiger partial charge in [0.15, 0.2) is 12.0 Å². The Bertz CT molecular complexity index is 671. The molecule has 0 bridgehead atoms. The Hall–Kier alpha value is -2.08.